The lowest BCUT2D eigenvalue weighted by Gasteiger charge is -2.08. The maximum atomic E-state index is 7.57. The van der Waals surface area contributed by atoms with Crippen LogP contribution in [0.25, 0.3) is 10.9 Å². The summed E-state index contributed by atoms with van der Waals surface area (Å²) in [6, 6.07) is 18.7. The molecule has 3 N–H and O–H groups in total. The molecule has 0 amide bonds. The van der Waals surface area contributed by atoms with Crippen molar-refractivity contribution in [3.63, 3.8) is 0 Å². The lowest BCUT2D eigenvalue weighted by Crippen LogP contribution is -2.04. The van der Waals surface area contributed by atoms with Crippen molar-refractivity contribution in [1.29, 1.82) is 5.41 Å². The molecule has 0 atom stereocenters. The van der Waals surface area contributed by atoms with Crippen LogP contribution in [0, 0.1) is 12.3 Å². The Labute approximate surface area is 128 Å². The first kappa shape index (κ1) is 13.8. The van der Waals surface area contributed by atoms with Crippen LogP contribution in [0.3, 0.4) is 0 Å². The molecule has 0 fully saturated rings. The fourth-order valence-electron chi connectivity index (χ4n) is 2.61. The molecule has 0 spiro atoms. The SMILES string of the molecule is Cc1c(SC(=N)N)c2ccccc2n1Cc1ccccc1. The molecular formula is C17H17N3S. The van der Waals surface area contributed by atoms with Gasteiger partial charge in [0, 0.05) is 28.0 Å². The highest BCUT2D eigenvalue weighted by Gasteiger charge is 2.15. The number of nitrogens with two attached hydrogens (primary N) is 1. The van der Waals surface area contributed by atoms with Gasteiger partial charge in [-0.2, -0.15) is 0 Å². The third-order valence-electron chi connectivity index (χ3n) is 3.57. The van der Waals surface area contributed by atoms with Gasteiger partial charge in [-0.05, 0) is 18.6 Å². The van der Waals surface area contributed by atoms with Gasteiger partial charge in [0.1, 0.15) is 0 Å². The van der Waals surface area contributed by atoms with E-state index in [4.69, 9.17) is 11.1 Å². The maximum Gasteiger partial charge on any atom is 0.156 e. The number of para-hydroxylation sites is 1. The second kappa shape index (κ2) is 5.66. The van der Waals surface area contributed by atoms with E-state index in [1.807, 2.05) is 18.2 Å². The molecule has 0 saturated carbocycles. The van der Waals surface area contributed by atoms with Crippen LogP contribution in [0.15, 0.2) is 59.5 Å². The van der Waals surface area contributed by atoms with Crippen molar-refractivity contribution >= 4 is 27.8 Å². The first-order chi connectivity index (χ1) is 10.2. The Kier molecular flexibility index (Phi) is 3.71. The number of benzene rings is 2. The second-order valence-corrected chi connectivity index (χ2v) is 6.02. The Morgan fingerprint density at radius 1 is 1.10 bits per heavy atom. The van der Waals surface area contributed by atoms with E-state index in [0.717, 1.165) is 22.5 Å². The molecule has 4 heteroatoms. The van der Waals surface area contributed by atoms with Crippen LogP contribution in [0.2, 0.25) is 0 Å². The highest BCUT2D eigenvalue weighted by atomic mass is 32.2. The fraction of sp³-hybridized carbons (Fsp3) is 0.118. The van der Waals surface area contributed by atoms with Crippen LogP contribution in [-0.4, -0.2) is 9.73 Å². The summed E-state index contributed by atoms with van der Waals surface area (Å²) < 4.78 is 2.29. The Morgan fingerprint density at radius 2 is 1.76 bits per heavy atom. The van der Waals surface area contributed by atoms with Crippen molar-refractivity contribution in [2.75, 3.05) is 0 Å². The minimum Gasteiger partial charge on any atom is -0.378 e. The average Bonchev–Trinajstić information content (AvgIpc) is 2.74. The molecule has 2 aromatic carbocycles. The number of thioether (sulfide) groups is 1. The number of rotatable bonds is 3. The van der Waals surface area contributed by atoms with Crippen LogP contribution >= 0.6 is 11.8 Å². The monoisotopic (exact) mass is 295 g/mol. The third kappa shape index (κ3) is 2.67. The molecule has 0 bridgehead atoms. The number of nitrogens with zero attached hydrogens (tertiary/aromatic N) is 1. The summed E-state index contributed by atoms with van der Waals surface area (Å²) in [5.41, 5.74) is 9.18. The van der Waals surface area contributed by atoms with E-state index < -0.39 is 0 Å². The molecule has 0 unspecified atom stereocenters. The summed E-state index contributed by atoms with van der Waals surface area (Å²) in [5, 5.41) is 8.85. The summed E-state index contributed by atoms with van der Waals surface area (Å²) in [5.74, 6) is 0. The molecule has 0 radical (unpaired) electrons. The molecule has 3 rings (SSSR count). The molecule has 0 aliphatic heterocycles. The molecular weight excluding hydrogens is 278 g/mol. The maximum absolute atomic E-state index is 7.57. The van der Waals surface area contributed by atoms with Crippen molar-refractivity contribution in [3.8, 4) is 0 Å². The van der Waals surface area contributed by atoms with Gasteiger partial charge >= 0.3 is 0 Å². The smallest absolute Gasteiger partial charge is 0.156 e. The van der Waals surface area contributed by atoms with Gasteiger partial charge in [0.25, 0.3) is 0 Å². The van der Waals surface area contributed by atoms with Crippen LogP contribution < -0.4 is 5.73 Å². The predicted octanol–water partition coefficient (Wildman–Crippen LogP) is 3.98. The number of amidine groups is 1. The Balaban J connectivity index is 2.14. The molecule has 3 aromatic rings. The fourth-order valence-corrected chi connectivity index (χ4v) is 3.37. The minimum atomic E-state index is 0.126. The predicted molar refractivity (Wildman–Crippen MR) is 90.0 cm³/mol. The quantitative estimate of drug-likeness (QED) is 0.436. The zero-order valence-corrected chi connectivity index (χ0v) is 12.7. The lowest BCUT2D eigenvalue weighted by molar-refractivity contribution is 0.795. The first-order valence-corrected chi connectivity index (χ1v) is 7.62. The topological polar surface area (TPSA) is 54.8 Å². The molecule has 0 saturated heterocycles. The molecule has 3 nitrogen and oxygen atoms in total. The number of hydrogen-bond acceptors (Lipinski definition) is 2. The highest BCUT2D eigenvalue weighted by molar-refractivity contribution is 8.13. The van der Waals surface area contributed by atoms with Gasteiger partial charge in [0.2, 0.25) is 0 Å². The molecule has 21 heavy (non-hydrogen) atoms. The van der Waals surface area contributed by atoms with E-state index >= 15 is 0 Å². The Hall–Kier alpha value is -2.20. The molecule has 106 valence electrons. The van der Waals surface area contributed by atoms with Gasteiger partial charge < -0.3 is 10.3 Å². The van der Waals surface area contributed by atoms with Gasteiger partial charge in [-0.25, -0.2) is 0 Å². The largest absolute Gasteiger partial charge is 0.378 e. The zero-order chi connectivity index (χ0) is 14.8. The van der Waals surface area contributed by atoms with Crippen molar-refractivity contribution < 1.29 is 0 Å². The summed E-state index contributed by atoms with van der Waals surface area (Å²) >= 11 is 1.33. The Morgan fingerprint density at radius 3 is 2.48 bits per heavy atom. The van der Waals surface area contributed by atoms with Gasteiger partial charge in [-0.15, -0.1) is 0 Å². The normalized spacial score (nSPS) is 10.9. The number of hydrogen-bond donors (Lipinski definition) is 2. The van der Waals surface area contributed by atoms with Crippen LogP contribution in [0.4, 0.5) is 0 Å². The van der Waals surface area contributed by atoms with Crippen molar-refractivity contribution in [3.05, 3.63) is 65.9 Å². The zero-order valence-electron chi connectivity index (χ0n) is 11.8. The first-order valence-electron chi connectivity index (χ1n) is 6.80. The standard InChI is InChI=1S/C17H17N3S/c1-12-16(21-17(18)19)14-9-5-6-10-15(14)20(12)11-13-7-3-2-4-8-13/h2-10H,11H2,1H3,(H3,18,19). The van der Waals surface area contributed by atoms with Crippen molar-refractivity contribution in [2.24, 2.45) is 5.73 Å². The van der Waals surface area contributed by atoms with Gasteiger partial charge in [0.15, 0.2) is 5.17 Å². The van der Waals surface area contributed by atoms with Gasteiger partial charge in [-0.3, -0.25) is 5.41 Å². The molecule has 1 heterocycles. The summed E-state index contributed by atoms with van der Waals surface area (Å²) in [6.45, 7) is 2.92. The van der Waals surface area contributed by atoms with E-state index in [0.29, 0.717) is 0 Å². The van der Waals surface area contributed by atoms with E-state index in [2.05, 4.69) is 47.9 Å². The average molecular weight is 295 g/mol. The van der Waals surface area contributed by atoms with Crippen molar-refractivity contribution in [2.45, 2.75) is 18.4 Å². The van der Waals surface area contributed by atoms with Gasteiger partial charge in [-0.1, -0.05) is 60.3 Å². The van der Waals surface area contributed by atoms with Crippen LogP contribution in [0.5, 0.6) is 0 Å². The van der Waals surface area contributed by atoms with E-state index in [1.54, 1.807) is 0 Å². The second-order valence-electron chi connectivity index (χ2n) is 4.97. The van der Waals surface area contributed by atoms with Crippen molar-refractivity contribution in [1.82, 2.24) is 4.57 Å². The van der Waals surface area contributed by atoms with E-state index in [-0.39, 0.29) is 5.17 Å². The van der Waals surface area contributed by atoms with Crippen LogP contribution in [-0.2, 0) is 6.54 Å². The van der Waals surface area contributed by atoms with E-state index in [1.165, 1.54) is 22.8 Å². The number of aromatic nitrogens is 1. The lowest BCUT2D eigenvalue weighted by atomic mass is 10.2. The number of nitrogens with one attached hydrogen (secondary N) is 1. The summed E-state index contributed by atoms with van der Waals surface area (Å²) in [7, 11) is 0. The third-order valence-corrected chi connectivity index (χ3v) is 4.51. The van der Waals surface area contributed by atoms with E-state index in [9.17, 15) is 0 Å². The highest BCUT2D eigenvalue weighted by Crippen LogP contribution is 2.34. The molecule has 0 aliphatic carbocycles. The molecule has 0 aliphatic rings. The minimum absolute atomic E-state index is 0.126. The summed E-state index contributed by atoms with van der Waals surface area (Å²) in [6.07, 6.45) is 0. The number of fused-ring (bicyclic) bond motifs is 1. The summed E-state index contributed by atoms with van der Waals surface area (Å²) in [4.78, 5) is 1.08. The molecule has 1 aromatic heterocycles. The van der Waals surface area contributed by atoms with Gasteiger partial charge in [0.05, 0.1) is 0 Å². The Bertz CT molecular complexity index is 790. The van der Waals surface area contributed by atoms with Crippen LogP contribution in [0.1, 0.15) is 11.3 Å².